The van der Waals surface area contributed by atoms with Gasteiger partial charge in [0.2, 0.25) is 0 Å². The lowest BCUT2D eigenvalue weighted by Gasteiger charge is -2.13. The van der Waals surface area contributed by atoms with Gasteiger partial charge >= 0.3 is 0 Å². The lowest BCUT2D eigenvalue weighted by Crippen LogP contribution is -2.15. The molecule has 2 nitrogen and oxygen atoms in total. The Balaban J connectivity index is 0.000000606. The summed E-state index contributed by atoms with van der Waals surface area (Å²) in [6, 6.07) is 1.45. The average Bonchev–Trinajstić information content (AvgIpc) is 3.08. The van der Waals surface area contributed by atoms with Gasteiger partial charge in [-0.2, -0.15) is 0 Å². The van der Waals surface area contributed by atoms with Gasteiger partial charge in [-0.25, -0.2) is 9.37 Å². The van der Waals surface area contributed by atoms with Crippen LogP contribution in [-0.2, 0) is 0 Å². The molecule has 1 aromatic rings. The Kier molecular flexibility index (Phi) is 4.71. The number of rotatable bonds is 3. The summed E-state index contributed by atoms with van der Waals surface area (Å²) in [6.07, 6.45) is 4.08. The third kappa shape index (κ3) is 3.47. The van der Waals surface area contributed by atoms with E-state index < -0.39 is 0 Å². The van der Waals surface area contributed by atoms with Crippen molar-refractivity contribution in [3.05, 3.63) is 23.6 Å². The van der Waals surface area contributed by atoms with Gasteiger partial charge in [-0.05, 0) is 44.2 Å². The van der Waals surface area contributed by atoms with E-state index in [1.54, 1.807) is 6.20 Å². The summed E-state index contributed by atoms with van der Waals surface area (Å²) in [5, 5.41) is 0. The second kappa shape index (κ2) is 5.83. The first kappa shape index (κ1) is 12.9. The molecule has 0 aromatic carbocycles. The Morgan fingerprint density at radius 2 is 2.06 bits per heavy atom. The van der Waals surface area contributed by atoms with Crippen LogP contribution in [0.15, 0.2) is 12.3 Å². The van der Waals surface area contributed by atoms with Crippen molar-refractivity contribution in [2.75, 3.05) is 0 Å². The van der Waals surface area contributed by atoms with Crippen molar-refractivity contribution in [1.29, 1.82) is 0 Å². The minimum absolute atomic E-state index is 0.0831. The number of nitrogens with zero attached hydrogens (tertiary/aromatic N) is 1. The third-order valence-electron chi connectivity index (χ3n) is 2.53. The molecule has 1 aromatic heterocycles. The molecular weight excluding hydrogens is 205 g/mol. The molecule has 90 valence electrons. The highest BCUT2D eigenvalue weighted by atomic mass is 19.1. The molecule has 1 saturated carbocycles. The number of aromatic nitrogens is 1. The van der Waals surface area contributed by atoms with Crippen molar-refractivity contribution < 1.29 is 9.13 Å². The highest BCUT2D eigenvalue weighted by molar-refractivity contribution is 5.19. The number of hydrogen-bond donors (Lipinski definition) is 0. The molecule has 0 bridgehead atoms. The number of aryl methyl sites for hydroxylation is 1. The van der Waals surface area contributed by atoms with Gasteiger partial charge in [-0.15, -0.1) is 0 Å². The topological polar surface area (TPSA) is 22.1 Å². The standard InChI is InChI=1S/C11H14FNO.C2H6/c1-7-5-10(12)11(13-6-7)14-8(2)9-3-4-9;1-2/h5-6,8-9H,3-4H2,1-2H3;1-2H3. The maximum Gasteiger partial charge on any atom is 0.250 e. The lowest BCUT2D eigenvalue weighted by atomic mass is 10.2. The van der Waals surface area contributed by atoms with Crippen molar-refractivity contribution in [2.45, 2.75) is 46.6 Å². The first-order valence-electron chi connectivity index (χ1n) is 5.95. The quantitative estimate of drug-likeness (QED) is 0.782. The van der Waals surface area contributed by atoms with Gasteiger partial charge in [0.25, 0.3) is 5.88 Å². The Morgan fingerprint density at radius 1 is 1.44 bits per heavy atom. The van der Waals surface area contributed by atoms with Gasteiger partial charge in [-0.3, -0.25) is 0 Å². The molecule has 1 fully saturated rings. The van der Waals surface area contributed by atoms with Gasteiger partial charge in [0.05, 0.1) is 0 Å². The summed E-state index contributed by atoms with van der Waals surface area (Å²) in [4.78, 5) is 3.93. The molecule has 1 heterocycles. The maximum atomic E-state index is 13.3. The monoisotopic (exact) mass is 225 g/mol. The molecule has 0 saturated heterocycles. The van der Waals surface area contributed by atoms with Crippen LogP contribution in [0.4, 0.5) is 4.39 Å². The van der Waals surface area contributed by atoms with Gasteiger partial charge < -0.3 is 4.74 Å². The van der Waals surface area contributed by atoms with E-state index in [9.17, 15) is 4.39 Å². The summed E-state index contributed by atoms with van der Waals surface area (Å²) in [7, 11) is 0. The van der Waals surface area contributed by atoms with Crippen LogP contribution in [0.2, 0.25) is 0 Å². The molecule has 16 heavy (non-hydrogen) atoms. The first-order chi connectivity index (χ1) is 7.66. The summed E-state index contributed by atoms with van der Waals surface area (Å²) in [6.45, 7) is 7.78. The van der Waals surface area contributed by atoms with Crippen LogP contribution in [0.3, 0.4) is 0 Å². The fraction of sp³-hybridized carbons (Fsp3) is 0.615. The third-order valence-corrected chi connectivity index (χ3v) is 2.53. The summed E-state index contributed by atoms with van der Waals surface area (Å²) in [5.74, 6) is 0.366. The molecule has 0 N–H and O–H groups in total. The molecule has 3 heteroatoms. The second-order valence-corrected chi connectivity index (χ2v) is 3.96. The lowest BCUT2D eigenvalue weighted by molar-refractivity contribution is 0.180. The number of ether oxygens (including phenoxy) is 1. The fourth-order valence-electron chi connectivity index (χ4n) is 1.45. The van der Waals surface area contributed by atoms with Gasteiger partial charge in [0, 0.05) is 6.20 Å². The van der Waals surface area contributed by atoms with Crippen molar-refractivity contribution in [3.63, 3.8) is 0 Å². The van der Waals surface area contributed by atoms with E-state index in [2.05, 4.69) is 4.98 Å². The van der Waals surface area contributed by atoms with E-state index >= 15 is 0 Å². The SMILES string of the molecule is CC.Cc1cnc(OC(C)C2CC2)c(F)c1. The van der Waals surface area contributed by atoms with E-state index in [1.807, 2.05) is 27.7 Å². The molecule has 2 rings (SSSR count). The van der Waals surface area contributed by atoms with Gasteiger partial charge in [0.15, 0.2) is 5.82 Å². The molecule has 1 atom stereocenters. The Labute approximate surface area is 96.8 Å². The zero-order valence-electron chi connectivity index (χ0n) is 10.5. The van der Waals surface area contributed by atoms with Crippen molar-refractivity contribution in [2.24, 2.45) is 5.92 Å². The molecule has 1 aliphatic carbocycles. The zero-order valence-corrected chi connectivity index (χ0v) is 10.5. The smallest absolute Gasteiger partial charge is 0.250 e. The van der Waals surface area contributed by atoms with Gasteiger partial charge in [0.1, 0.15) is 6.10 Å². The Hall–Kier alpha value is -1.12. The molecule has 0 aliphatic heterocycles. The van der Waals surface area contributed by atoms with E-state index in [0.29, 0.717) is 5.92 Å². The fourth-order valence-corrected chi connectivity index (χ4v) is 1.45. The van der Waals surface area contributed by atoms with Crippen molar-refractivity contribution in [3.8, 4) is 5.88 Å². The van der Waals surface area contributed by atoms with E-state index in [4.69, 9.17) is 4.74 Å². The minimum Gasteiger partial charge on any atom is -0.472 e. The minimum atomic E-state index is -0.363. The highest BCUT2D eigenvalue weighted by Gasteiger charge is 2.30. The first-order valence-corrected chi connectivity index (χ1v) is 5.95. The molecule has 0 amide bonds. The largest absolute Gasteiger partial charge is 0.472 e. The van der Waals surface area contributed by atoms with E-state index in [-0.39, 0.29) is 17.8 Å². The Bertz CT molecular complexity index is 337. The van der Waals surface area contributed by atoms with E-state index in [1.165, 1.54) is 18.9 Å². The van der Waals surface area contributed by atoms with Gasteiger partial charge in [-0.1, -0.05) is 13.8 Å². The van der Waals surface area contributed by atoms with Crippen molar-refractivity contribution >= 4 is 0 Å². The summed E-state index contributed by atoms with van der Waals surface area (Å²) < 4.78 is 18.7. The molecule has 0 spiro atoms. The van der Waals surface area contributed by atoms with Crippen LogP contribution in [-0.4, -0.2) is 11.1 Å². The number of halogens is 1. The predicted octanol–water partition coefficient (Wildman–Crippen LogP) is 3.73. The number of pyridine rings is 1. The zero-order chi connectivity index (χ0) is 12.1. The number of hydrogen-bond acceptors (Lipinski definition) is 2. The molecule has 1 aliphatic rings. The van der Waals surface area contributed by atoms with Crippen molar-refractivity contribution in [1.82, 2.24) is 4.98 Å². The van der Waals surface area contributed by atoms with Crippen LogP contribution < -0.4 is 4.74 Å². The summed E-state index contributed by atoms with van der Waals surface area (Å²) >= 11 is 0. The second-order valence-electron chi connectivity index (χ2n) is 3.96. The van der Waals surface area contributed by atoms with Crippen LogP contribution in [0.1, 0.15) is 39.2 Å². The molecule has 0 radical (unpaired) electrons. The van der Waals surface area contributed by atoms with Crippen LogP contribution in [0.5, 0.6) is 5.88 Å². The predicted molar refractivity (Wildman–Crippen MR) is 63.1 cm³/mol. The molecule has 1 unspecified atom stereocenters. The Morgan fingerprint density at radius 3 is 2.56 bits per heavy atom. The maximum absolute atomic E-state index is 13.3. The van der Waals surface area contributed by atoms with E-state index in [0.717, 1.165) is 5.56 Å². The molecular formula is C13H20FNO. The normalized spacial score (nSPS) is 16.1. The van der Waals surface area contributed by atoms with Crippen LogP contribution in [0.25, 0.3) is 0 Å². The van der Waals surface area contributed by atoms with Crippen LogP contribution in [0, 0.1) is 18.7 Å². The average molecular weight is 225 g/mol. The highest BCUT2D eigenvalue weighted by Crippen LogP contribution is 2.34. The van der Waals surface area contributed by atoms with Crippen LogP contribution >= 0.6 is 0 Å². The summed E-state index contributed by atoms with van der Waals surface area (Å²) in [5.41, 5.74) is 0.814.